The van der Waals surface area contributed by atoms with E-state index in [-0.39, 0.29) is 11.6 Å². The first-order valence-electron chi connectivity index (χ1n) is 6.46. The fourth-order valence-corrected chi connectivity index (χ4v) is 2.26. The Morgan fingerprint density at radius 3 is 2.35 bits per heavy atom. The molecule has 0 bridgehead atoms. The standard InChI is InChI=1S/C13H18F2N4O/c1-19-4-2-9(3-5-19)17-13(20)8-6-10(14)12(18-16)11(15)7-8/h6-7,9,18H,2-5,16H2,1H3,(H,17,20). The summed E-state index contributed by atoms with van der Waals surface area (Å²) in [5.41, 5.74) is 1.44. The summed E-state index contributed by atoms with van der Waals surface area (Å²) in [5, 5.41) is 2.80. The number of rotatable bonds is 3. The summed E-state index contributed by atoms with van der Waals surface area (Å²) in [6.07, 6.45) is 1.66. The summed E-state index contributed by atoms with van der Waals surface area (Å²) >= 11 is 0. The van der Waals surface area contributed by atoms with Crippen LogP contribution in [0, 0.1) is 11.6 Å². The van der Waals surface area contributed by atoms with E-state index >= 15 is 0 Å². The molecule has 20 heavy (non-hydrogen) atoms. The monoisotopic (exact) mass is 284 g/mol. The van der Waals surface area contributed by atoms with Crippen LogP contribution in [0.15, 0.2) is 12.1 Å². The Labute approximate surface area is 116 Å². The average molecular weight is 284 g/mol. The Kier molecular flexibility index (Phi) is 4.51. The second-order valence-corrected chi connectivity index (χ2v) is 5.01. The van der Waals surface area contributed by atoms with E-state index in [0.717, 1.165) is 38.1 Å². The van der Waals surface area contributed by atoms with Crippen molar-refractivity contribution in [3.05, 3.63) is 29.3 Å². The molecule has 1 aliphatic heterocycles. The first-order chi connectivity index (χ1) is 9.51. The van der Waals surface area contributed by atoms with Crippen LogP contribution in [-0.4, -0.2) is 37.0 Å². The van der Waals surface area contributed by atoms with Crippen LogP contribution in [-0.2, 0) is 0 Å². The van der Waals surface area contributed by atoms with Crippen molar-refractivity contribution in [3.8, 4) is 0 Å². The largest absolute Gasteiger partial charge is 0.349 e. The lowest BCUT2D eigenvalue weighted by molar-refractivity contribution is 0.0916. The smallest absolute Gasteiger partial charge is 0.251 e. The van der Waals surface area contributed by atoms with E-state index in [0.29, 0.717) is 0 Å². The Bertz CT molecular complexity index is 478. The van der Waals surface area contributed by atoms with Crippen molar-refractivity contribution in [2.24, 2.45) is 5.84 Å². The molecule has 0 aliphatic carbocycles. The minimum absolute atomic E-state index is 0.0390. The maximum absolute atomic E-state index is 13.5. The highest BCUT2D eigenvalue weighted by atomic mass is 19.1. The number of nitrogens with one attached hydrogen (secondary N) is 2. The maximum Gasteiger partial charge on any atom is 0.251 e. The summed E-state index contributed by atoms with van der Waals surface area (Å²) in [7, 11) is 2.02. The number of nitrogens with zero attached hydrogens (tertiary/aromatic N) is 1. The van der Waals surface area contributed by atoms with Gasteiger partial charge in [-0.3, -0.25) is 10.6 Å². The number of nitrogen functional groups attached to an aromatic ring is 1. The molecule has 1 fully saturated rings. The molecule has 1 aromatic rings. The summed E-state index contributed by atoms with van der Waals surface area (Å²) in [4.78, 5) is 14.2. The van der Waals surface area contributed by atoms with Crippen LogP contribution in [0.5, 0.6) is 0 Å². The number of benzene rings is 1. The van der Waals surface area contributed by atoms with Gasteiger partial charge >= 0.3 is 0 Å². The fourth-order valence-electron chi connectivity index (χ4n) is 2.26. The zero-order valence-corrected chi connectivity index (χ0v) is 11.2. The number of carbonyl (C=O) groups excluding carboxylic acids is 1. The van der Waals surface area contributed by atoms with Gasteiger partial charge in [0.1, 0.15) is 5.69 Å². The summed E-state index contributed by atoms with van der Waals surface area (Å²) < 4.78 is 27.1. The fraction of sp³-hybridized carbons (Fsp3) is 0.462. The molecule has 0 spiro atoms. The number of nitrogens with two attached hydrogens (primary N) is 1. The van der Waals surface area contributed by atoms with Gasteiger partial charge in [0.05, 0.1) is 0 Å². The number of hydrogen-bond acceptors (Lipinski definition) is 4. The van der Waals surface area contributed by atoms with Crippen LogP contribution < -0.4 is 16.6 Å². The molecule has 1 amide bonds. The van der Waals surface area contributed by atoms with Gasteiger partial charge < -0.3 is 15.6 Å². The minimum atomic E-state index is -0.888. The van der Waals surface area contributed by atoms with Crippen molar-refractivity contribution >= 4 is 11.6 Å². The van der Waals surface area contributed by atoms with Crippen LogP contribution in [0.1, 0.15) is 23.2 Å². The van der Waals surface area contributed by atoms with E-state index in [1.165, 1.54) is 0 Å². The van der Waals surface area contributed by atoms with E-state index in [4.69, 9.17) is 5.84 Å². The predicted molar refractivity (Wildman–Crippen MR) is 72.2 cm³/mol. The van der Waals surface area contributed by atoms with Crippen molar-refractivity contribution < 1.29 is 13.6 Å². The molecule has 1 aliphatic rings. The van der Waals surface area contributed by atoms with Crippen molar-refractivity contribution in [3.63, 3.8) is 0 Å². The van der Waals surface area contributed by atoms with E-state index in [1.54, 1.807) is 0 Å². The second-order valence-electron chi connectivity index (χ2n) is 5.01. The molecule has 0 aromatic heterocycles. The molecule has 1 aromatic carbocycles. The first-order valence-corrected chi connectivity index (χ1v) is 6.46. The molecule has 0 unspecified atom stereocenters. The lowest BCUT2D eigenvalue weighted by atomic mass is 10.0. The molecule has 0 atom stereocenters. The lowest BCUT2D eigenvalue weighted by Gasteiger charge is -2.29. The first kappa shape index (κ1) is 14.7. The van der Waals surface area contributed by atoms with Crippen LogP contribution in [0.25, 0.3) is 0 Å². The third-order valence-electron chi connectivity index (χ3n) is 3.50. The number of carbonyl (C=O) groups is 1. The molecule has 1 saturated heterocycles. The van der Waals surface area contributed by atoms with E-state index < -0.39 is 23.2 Å². The van der Waals surface area contributed by atoms with Crippen molar-refractivity contribution in [2.45, 2.75) is 18.9 Å². The van der Waals surface area contributed by atoms with Crippen molar-refractivity contribution in [2.75, 3.05) is 25.6 Å². The molecule has 2 rings (SSSR count). The minimum Gasteiger partial charge on any atom is -0.349 e. The molecule has 1 heterocycles. The molecule has 0 saturated carbocycles. The number of hydrazine groups is 1. The highest BCUT2D eigenvalue weighted by Crippen LogP contribution is 2.20. The molecule has 0 radical (unpaired) electrons. The maximum atomic E-state index is 13.5. The third-order valence-corrected chi connectivity index (χ3v) is 3.50. The quantitative estimate of drug-likeness (QED) is 0.574. The third kappa shape index (κ3) is 3.23. The Hall–Kier alpha value is -1.73. The van der Waals surface area contributed by atoms with Gasteiger partial charge in [-0.05, 0) is 45.1 Å². The molecular formula is C13H18F2N4O. The molecule has 5 nitrogen and oxygen atoms in total. The summed E-state index contributed by atoms with van der Waals surface area (Å²) in [6.45, 7) is 1.79. The Balaban J connectivity index is 2.06. The number of hydrogen-bond donors (Lipinski definition) is 3. The lowest BCUT2D eigenvalue weighted by Crippen LogP contribution is -2.43. The molecule has 4 N–H and O–H groups in total. The molecular weight excluding hydrogens is 266 g/mol. The zero-order chi connectivity index (χ0) is 14.7. The highest BCUT2D eigenvalue weighted by molar-refractivity contribution is 5.94. The van der Waals surface area contributed by atoms with Crippen LogP contribution in [0.4, 0.5) is 14.5 Å². The highest BCUT2D eigenvalue weighted by Gasteiger charge is 2.20. The Morgan fingerprint density at radius 1 is 1.30 bits per heavy atom. The van der Waals surface area contributed by atoms with Gasteiger partial charge in [-0.1, -0.05) is 0 Å². The Morgan fingerprint density at radius 2 is 1.85 bits per heavy atom. The van der Waals surface area contributed by atoms with E-state index in [2.05, 4.69) is 10.2 Å². The predicted octanol–water partition coefficient (Wildman–Crippen LogP) is 1.07. The van der Waals surface area contributed by atoms with Gasteiger partial charge in [0.2, 0.25) is 0 Å². The van der Waals surface area contributed by atoms with Gasteiger partial charge in [0, 0.05) is 11.6 Å². The van der Waals surface area contributed by atoms with Crippen molar-refractivity contribution in [1.82, 2.24) is 10.2 Å². The zero-order valence-electron chi connectivity index (χ0n) is 11.2. The summed E-state index contributed by atoms with van der Waals surface area (Å²) in [6, 6.07) is 1.99. The number of piperidine rings is 1. The van der Waals surface area contributed by atoms with Crippen LogP contribution in [0.2, 0.25) is 0 Å². The van der Waals surface area contributed by atoms with Gasteiger partial charge in [0.15, 0.2) is 11.6 Å². The number of anilines is 1. The molecule has 7 heteroatoms. The van der Waals surface area contributed by atoms with Crippen molar-refractivity contribution in [1.29, 1.82) is 0 Å². The van der Waals surface area contributed by atoms with E-state index in [1.807, 2.05) is 12.5 Å². The number of halogens is 2. The van der Waals surface area contributed by atoms with Crippen LogP contribution in [0.3, 0.4) is 0 Å². The summed E-state index contributed by atoms with van der Waals surface area (Å²) in [5.74, 6) is 2.76. The second kappa shape index (κ2) is 6.15. The van der Waals surface area contributed by atoms with Crippen LogP contribution >= 0.6 is 0 Å². The van der Waals surface area contributed by atoms with E-state index in [9.17, 15) is 13.6 Å². The normalized spacial score (nSPS) is 17.0. The topological polar surface area (TPSA) is 70.4 Å². The van der Waals surface area contributed by atoms with Gasteiger partial charge in [0.25, 0.3) is 5.91 Å². The number of likely N-dealkylation sites (tertiary alicyclic amines) is 1. The van der Waals surface area contributed by atoms with Gasteiger partial charge in [-0.15, -0.1) is 0 Å². The number of amides is 1. The average Bonchev–Trinajstić information content (AvgIpc) is 2.41. The van der Waals surface area contributed by atoms with Gasteiger partial charge in [-0.2, -0.15) is 0 Å². The SMILES string of the molecule is CN1CCC(NC(=O)c2cc(F)c(NN)c(F)c2)CC1. The van der Waals surface area contributed by atoms with Gasteiger partial charge in [-0.25, -0.2) is 8.78 Å². The molecule has 110 valence electrons.